The lowest BCUT2D eigenvalue weighted by Gasteiger charge is -2.26. The number of fused-ring (bicyclic) bond motifs is 1. The van der Waals surface area contributed by atoms with E-state index in [1.165, 1.54) is 7.11 Å². The fraction of sp³-hybridized carbons (Fsp3) is 0.500. The molecular weight excluding hydrogens is 264 g/mol. The van der Waals surface area contributed by atoms with Gasteiger partial charge in [-0.2, -0.15) is 11.8 Å². The van der Waals surface area contributed by atoms with Crippen LogP contribution in [-0.4, -0.2) is 37.3 Å². The summed E-state index contributed by atoms with van der Waals surface area (Å²) in [6.45, 7) is 2.42. The van der Waals surface area contributed by atoms with Crippen LogP contribution in [0.25, 0.3) is 0 Å². The topological polar surface area (TPSA) is 44.8 Å². The lowest BCUT2D eigenvalue weighted by Crippen LogP contribution is -2.31. The van der Waals surface area contributed by atoms with E-state index < -0.39 is 0 Å². The number of thioether (sulfide) groups is 1. The summed E-state index contributed by atoms with van der Waals surface area (Å²) >= 11 is 1.68. The number of hydrogen-bond donors (Lipinski definition) is 0. The first-order valence-corrected chi connectivity index (χ1v) is 7.40. The van der Waals surface area contributed by atoms with Crippen LogP contribution in [0.3, 0.4) is 0 Å². The van der Waals surface area contributed by atoms with Gasteiger partial charge in [-0.15, -0.1) is 0 Å². The van der Waals surface area contributed by atoms with Crippen LogP contribution >= 0.6 is 11.8 Å². The van der Waals surface area contributed by atoms with Gasteiger partial charge in [0.15, 0.2) is 11.5 Å². The molecule has 4 nitrogen and oxygen atoms in total. The molecule has 0 saturated heterocycles. The van der Waals surface area contributed by atoms with Gasteiger partial charge in [-0.3, -0.25) is 4.79 Å². The van der Waals surface area contributed by atoms with E-state index in [0.29, 0.717) is 6.61 Å². The lowest BCUT2D eigenvalue weighted by atomic mass is 10.2. The van der Waals surface area contributed by atoms with Crippen LogP contribution in [0.2, 0.25) is 0 Å². The summed E-state index contributed by atoms with van der Waals surface area (Å²) in [5, 5.41) is 0. The molecule has 5 heteroatoms. The Morgan fingerprint density at radius 1 is 1.47 bits per heavy atom. The van der Waals surface area contributed by atoms with Crippen molar-refractivity contribution in [1.29, 1.82) is 0 Å². The van der Waals surface area contributed by atoms with E-state index in [1.54, 1.807) is 11.8 Å². The minimum absolute atomic E-state index is 0.0322. The van der Waals surface area contributed by atoms with Crippen LogP contribution in [0.15, 0.2) is 24.3 Å². The highest BCUT2D eigenvalue weighted by atomic mass is 32.2. The van der Waals surface area contributed by atoms with Gasteiger partial charge < -0.3 is 14.2 Å². The highest BCUT2D eigenvalue weighted by Crippen LogP contribution is 2.31. The molecule has 0 saturated carbocycles. The Morgan fingerprint density at radius 3 is 2.95 bits per heavy atom. The number of esters is 1. The molecule has 0 amide bonds. The summed E-state index contributed by atoms with van der Waals surface area (Å²) in [5.41, 5.74) is 0. The zero-order valence-corrected chi connectivity index (χ0v) is 11.9. The minimum Gasteiger partial charge on any atom is -0.486 e. The first-order chi connectivity index (χ1) is 9.20. The fourth-order valence-electron chi connectivity index (χ4n) is 1.79. The van der Waals surface area contributed by atoms with Crippen molar-refractivity contribution in [2.45, 2.75) is 13.0 Å². The Labute approximate surface area is 117 Å². The van der Waals surface area contributed by atoms with E-state index in [9.17, 15) is 4.79 Å². The molecule has 0 radical (unpaired) electrons. The molecule has 2 atom stereocenters. The van der Waals surface area contributed by atoms with Crippen LogP contribution in [0, 0.1) is 5.92 Å². The maximum absolute atomic E-state index is 11.3. The van der Waals surface area contributed by atoms with Crippen LogP contribution in [0.4, 0.5) is 0 Å². The van der Waals surface area contributed by atoms with Gasteiger partial charge in [0, 0.05) is 11.5 Å². The number of carbonyl (C=O) groups is 1. The first-order valence-electron chi connectivity index (χ1n) is 6.24. The Hall–Kier alpha value is -1.36. The van der Waals surface area contributed by atoms with Crippen molar-refractivity contribution in [2.75, 3.05) is 25.2 Å². The Morgan fingerprint density at radius 2 is 2.21 bits per heavy atom. The smallest absolute Gasteiger partial charge is 0.309 e. The van der Waals surface area contributed by atoms with Crippen molar-refractivity contribution in [3.63, 3.8) is 0 Å². The van der Waals surface area contributed by atoms with Gasteiger partial charge >= 0.3 is 5.97 Å². The van der Waals surface area contributed by atoms with E-state index in [1.807, 2.05) is 31.2 Å². The van der Waals surface area contributed by atoms with Gasteiger partial charge in [0.05, 0.1) is 13.0 Å². The van der Waals surface area contributed by atoms with Crippen LogP contribution in [0.1, 0.15) is 6.92 Å². The van der Waals surface area contributed by atoms with Crippen LogP contribution in [-0.2, 0) is 9.53 Å². The molecule has 1 aliphatic heterocycles. The Kier molecular flexibility index (Phi) is 4.96. The molecule has 0 fully saturated rings. The number of hydrogen-bond acceptors (Lipinski definition) is 5. The predicted octanol–water partition coefficient (Wildman–Crippen LogP) is 2.37. The van der Waals surface area contributed by atoms with Crippen LogP contribution in [0.5, 0.6) is 11.5 Å². The fourth-order valence-corrected chi connectivity index (χ4v) is 2.84. The third-order valence-corrected chi connectivity index (χ3v) is 4.19. The maximum Gasteiger partial charge on any atom is 0.309 e. The highest BCUT2D eigenvalue weighted by molar-refractivity contribution is 7.99. The molecule has 2 rings (SSSR count). The Balaban J connectivity index is 1.75. The van der Waals surface area contributed by atoms with Gasteiger partial charge in [-0.05, 0) is 12.1 Å². The van der Waals surface area contributed by atoms with Crippen molar-refractivity contribution in [3.8, 4) is 11.5 Å². The summed E-state index contributed by atoms with van der Waals surface area (Å²) in [7, 11) is 1.42. The van der Waals surface area contributed by atoms with Crippen molar-refractivity contribution in [1.82, 2.24) is 0 Å². The Bertz CT molecular complexity index is 435. The standard InChI is InChI=1S/C14H18O4S/c1-10(14(15)16-2)8-19-9-11-7-17-12-5-3-4-6-13(12)18-11/h3-6,10-11H,7-9H2,1-2H3. The molecule has 19 heavy (non-hydrogen) atoms. The molecule has 0 bridgehead atoms. The molecule has 0 spiro atoms. The van der Waals surface area contributed by atoms with E-state index in [4.69, 9.17) is 14.2 Å². The second kappa shape index (κ2) is 6.70. The van der Waals surface area contributed by atoms with Gasteiger partial charge in [0.25, 0.3) is 0 Å². The largest absolute Gasteiger partial charge is 0.486 e. The summed E-state index contributed by atoms with van der Waals surface area (Å²) in [6, 6.07) is 7.66. The molecule has 2 unspecified atom stereocenters. The van der Waals surface area contributed by atoms with Crippen LogP contribution < -0.4 is 9.47 Å². The zero-order chi connectivity index (χ0) is 13.7. The maximum atomic E-state index is 11.3. The quantitative estimate of drug-likeness (QED) is 0.776. The molecule has 1 aromatic carbocycles. The lowest BCUT2D eigenvalue weighted by molar-refractivity contribution is -0.143. The number of rotatable bonds is 5. The van der Waals surface area contributed by atoms with Crippen molar-refractivity contribution in [2.24, 2.45) is 5.92 Å². The number of benzene rings is 1. The van der Waals surface area contributed by atoms with E-state index in [0.717, 1.165) is 23.0 Å². The van der Waals surface area contributed by atoms with Gasteiger partial charge in [0.2, 0.25) is 0 Å². The molecule has 1 aromatic rings. The molecule has 0 N–H and O–H groups in total. The number of para-hydroxylation sites is 2. The predicted molar refractivity (Wildman–Crippen MR) is 74.9 cm³/mol. The summed E-state index contributed by atoms with van der Waals surface area (Å²) in [5.74, 6) is 2.86. The average molecular weight is 282 g/mol. The van der Waals surface area contributed by atoms with Crippen molar-refractivity contribution in [3.05, 3.63) is 24.3 Å². The molecule has 1 aliphatic rings. The van der Waals surface area contributed by atoms with E-state index >= 15 is 0 Å². The number of ether oxygens (including phenoxy) is 3. The summed E-state index contributed by atoms with van der Waals surface area (Å²) in [4.78, 5) is 11.3. The van der Waals surface area contributed by atoms with Crippen molar-refractivity contribution >= 4 is 17.7 Å². The second-order valence-electron chi connectivity index (χ2n) is 4.46. The molecule has 104 valence electrons. The van der Waals surface area contributed by atoms with E-state index in [2.05, 4.69) is 0 Å². The first kappa shape index (κ1) is 14.1. The number of methoxy groups -OCH3 is 1. The molecule has 1 heterocycles. The summed E-state index contributed by atoms with van der Waals surface area (Å²) in [6.07, 6.45) is 0.0322. The molecular formula is C14H18O4S. The second-order valence-corrected chi connectivity index (χ2v) is 5.53. The minimum atomic E-state index is -0.168. The number of carbonyl (C=O) groups excluding carboxylic acids is 1. The van der Waals surface area contributed by atoms with Gasteiger partial charge in [-0.25, -0.2) is 0 Å². The SMILES string of the molecule is COC(=O)C(C)CSCC1COc2ccccc2O1. The molecule has 0 aromatic heterocycles. The monoisotopic (exact) mass is 282 g/mol. The average Bonchev–Trinajstić information content (AvgIpc) is 2.46. The van der Waals surface area contributed by atoms with Gasteiger partial charge in [-0.1, -0.05) is 19.1 Å². The third kappa shape index (κ3) is 3.80. The normalized spacial score (nSPS) is 18.7. The highest BCUT2D eigenvalue weighted by Gasteiger charge is 2.21. The zero-order valence-electron chi connectivity index (χ0n) is 11.1. The molecule has 0 aliphatic carbocycles. The van der Waals surface area contributed by atoms with E-state index in [-0.39, 0.29) is 18.0 Å². The van der Waals surface area contributed by atoms with Crippen molar-refractivity contribution < 1.29 is 19.0 Å². The third-order valence-electron chi connectivity index (χ3n) is 2.84. The summed E-state index contributed by atoms with van der Waals surface area (Å²) < 4.78 is 16.2. The van der Waals surface area contributed by atoms with Gasteiger partial charge in [0.1, 0.15) is 12.7 Å².